The standard InChI is InChI=1S/C24H28N2O5/c1-16-10-12-26(13-11-16)15-17-4-6-18(7-5-17)22(27)25-21-14-19(23(28)30-2)8-9-20(21)24(29)31-3/h4-9,14,16H,10-13,15H2,1-3H3,(H,25,27). The molecule has 7 heteroatoms. The first-order valence-corrected chi connectivity index (χ1v) is 10.3. The highest BCUT2D eigenvalue weighted by atomic mass is 16.5. The summed E-state index contributed by atoms with van der Waals surface area (Å²) in [5, 5.41) is 2.71. The second-order valence-electron chi connectivity index (χ2n) is 7.85. The van der Waals surface area contributed by atoms with Gasteiger partial charge < -0.3 is 14.8 Å². The molecule has 0 saturated carbocycles. The van der Waals surface area contributed by atoms with Gasteiger partial charge in [0.2, 0.25) is 0 Å². The first kappa shape index (κ1) is 22.5. The molecule has 1 fully saturated rings. The molecule has 1 N–H and O–H groups in total. The average molecular weight is 424 g/mol. The van der Waals surface area contributed by atoms with E-state index >= 15 is 0 Å². The van der Waals surface area contributed by atoms with E-state index in [1.54, 1.807) is 12.1 Å². The van der Waals surface area contributed by atoms with E-state index in [0.717, 1.165) is 31.1 Å². The van der Waals surface area contributed by atoms with Crippen molar-refractivity contribution in [3.05, 3.63) is 64.7 Å². The van der Waals surface area contributed by atoms with Gasteiger partial charge in [0.15, 0.2) is 0 Å². The highest BCUT2D eigenvalue weighted by Gasteiger charge is 2.19. The van der Waals surface area contributed by atoms with Gasteiger partial charge in [0, 0.05) is 12.1 Å². The highest BCUT2D eigenvalue weighted by molar-refractivity contribution is 6.09. The molecule has 2 aromatic carbocycles. The minimum atomic E-state index is -0.613. The average Bonchev–Trinajstić information content (AvgIpc) is 2.80. The first-order valence-electron chi connectivity index (χ1n) is 10.3. The number of rotatable bonds is 6. The molecule has 0 aliphatic carbocycles. The first-order chi connectivity index (χ1) is 14.9. The summed E-state index contributed by atoms with van der Waals surface area (Å²) in [6, 6.07) is 11.7. The molecule has 31 heavy (non-hydrogen) atoms. The Morgan fingerprint density at radius 2 is 1.55 bits per heavy atom. The number of carbonyl (C=O) groups is 3. The van der Waals surface area contributed by atoms with Crippen LogP contribution < -0.4 is 5.32 Å². The van der Waals surface area contributed by atoms with Crippen LogP contribution in [0.25, 0.3) is 0 Å². The Morgan fingerprint density at radius 1 is 0.935 bits per heavy atom. The van der Waals surface area contributed by atoms with Crippen molar-refractivity contribution in [2.75, 3.05) is 32.6 Å². The Hall–Kier alpha value is -3.19. The number of ether oxygens (including phenoxy) is 2. The Balaban J connectivity index is 1.73. The molecule has 1 saturated heterocycles. The van der Waals surface area contributed by atoms with Crippen LogP contribution >= 0.6 is 0 Å². The van der Waals surface area contributed by atoms with Crippen molar-refractivity contribution in [1.29, 1.82) is 0 Å². The number of nitrogens with one attached hydrogen (secondary N) is 1. The third-order valence-electron chi connectivity index (χ3n) is 5.59. The van der Waals surface area contributed by atoms with E-state index in [4.69, 9.17) is 9.47 Å². The topological polar surface area (TPSA) is 84.9 Å². The number of piperidine rings is 1. The lowest BCUT2D eigenvalue weighted by Crippen LogP contribution is -2.32. The normalized spacial score (nSPS) is 14.7. The maximum absolute atomic E-state index is 12.8. The molecule has 3 rings (SSSR count). The Kier molecular flexibility index (Phi) is 7.41. The lowest BCUT2D eigenvalue weighted by atomic mass is 9.99. The van der Waals surface area contributed by atoms with Crippen molar-refractivity contribution in [3.63, 3.8) is 0 Å². The van der Waals surface area contributed by atoms with Crippen LogP contribution in [0.3, 0.4) is 0 Å². The third-order valence-corrected chi connectivity index (χ3v) is 5.59. The molecular weight excluding hydrogens is 396 g/mol. The van der Waals surface area contributed by atoms with Gasteiger partial charge in [0.25, 0.3) is 5.91 Å². The van der Waals surface area contributed by atoms with Crippen LogP contribution in [-0.4, -0.2) is 50.1 Å². The van der Waals surface area contributed by atoms with Gasteiger partial charge in [0.05, 0.1) is 31.0 Å². The van der Waals surface area contributed by atoms with Crippen molar-refractivity contribution in [2.45, 2.75) is 26.3 Å². The summed E-state index contributed by atoms with van der Waals surface area (Å²) in [5.41, 5.74) is 2.16. The highest BCUT2D eigenvalue weighted by Crippen LogP contribution is 2.22. The molecule has 1 heterocycles. The smallest absolute Gasteiger partial charge is 0.339 e. The summed E-state index contributed by atoms with van der Waals surface area (Å²) in [6.07, 6.45) is 2.43. The fourth-order valence-corrected chi connectivity index (χ4v) is 3.61. The number of anilines is 1. The summed E-state index contributed by atoms with van der Waals surface area (Å²) in [6.45, 7) is 5.34. The maximum Gasteiger partial charge on any atom is 0.339 e. The number of amides is 1. The van der Waals surface area contributed by atoms with Crippen molar-refractivity contribution < 1.29 is 23.9 Å². The van der Waals surface area contributed by atoms with E-state index in [2.05, 4.69) is 17.1 Å². The largest absolute Gasteiger partial charge is 0.465 e. The molecular formula is C24H28N2O5. The number of benzene rings is 2. The van der Waals surface area contributed by atoms with Crippen LogP contribution in [0.1, 0.15) is 56.4 Å². The quantitative estimate of drug-likeness (QED) is 0.711. The van der Waals surface area contributed by atoms with Crippen molar-refractivity contribution >= 4 is 23.5 Å². The predicted molar refractivity (Wildman–Crippen MR) is 117 cm³/mol. The Bertz CT molecular complexity index is 947. The number of carbonyl (C=O) groups excluding carboxylic acids is 3. The van der Waals surface area contributed by atoms with E-state index in [9.17, 15) is 14.4 Å². The molecule has 0 atom stereocenters. The SMILES string of the molecule is COC(=O)c1ccc(C(=O)OC)c(NC(=O)c2ccc(CN3CCC(C)CC3)cc2)c1. The lowest BCUT2D eigenvalue weighted by molar-refractivity contribution is 0.0587. The van der Waals surface area contributed by atoms with E-state index < -0.39 is 11.9 Å². The number of hydrogen-bond acceptors (Lipinski definition) is 6. The van der Waals surface area contributed by atoms with Gasteiger partial charge in [-0.2, -0.15) is 0 Å². The molecule has 0 radical (unpaired) electrons. The summed E-state index contributed by atoms with van der Waals surface area (Å²) in [7, 11) is 2.52. The fraction of sp³-hybridized carbons (Fsp3) is 0.375. The van der Waals surface area contributed by atoms with Crippen LogP contribution in [0.15, 0.2) is 42.5 Å². The monoisotopic (exact) mass is 424 g/mol. The predicted octanol–water partition coefficient (Wildman–Crippen LogP) is 3.74. The fourth-order valence-electron chi connectivity index (χ4n) is 3.61. The number of nitrogens with zero attached hydrogens (tertiary/aromatic N) is 1. The second-order valence-corrected chi connectivity index (χ2v) is 7.85. The Morgan fingerprint density at radius 3 is 2.16 bits per heavy atom. The molecule has 2 aromatic rings. The zero-order valence-electron chi connectivity index (χ0n) is 18.1. The zero-order chi connectivity index (χ0) is 22.4. The minimum Gasteiger partial charge on any atom is -0.465 e. The number of methoxy groups -OCH3 is 2. The van der Waals surface area contributed by atoms with Crippen LogP contribution in [0.4, 0.5) is 5.69 Å². The van der Waals surface area contributed by atoms with Crippen molar-refractivity contribution in [1.82, 2.24) is 4.90 Å². The van der Waals surface area contributed by atoms with Gasteiger partial charge in [-0.1, -0.05) is 19.1 Å². The summed E-state index contributed by atoms with van der Waals surface area (Å²) in [5.74, 6) is -0.776. The third kappa shape index (κ3) is 5.70. The van der Waals surface area contributed by atoms with Crippen LogP contribution in [0, 0.1) is 5.92 Å². The van der Waals surface area contributed by atoms with Crippen molar-refractivity contribution in [3.8, 4) is 0 Å². The number of likely N-dealkylation sites (tertiary alicyclic amines) is 1. The minimum absolute atomic E-state index is 0.152. The number of esters is 2. The van der Waals surface area contributed by atoms with Gasteiger partial charge >= 0.3 is 11.9 Å². The molecule has 1 aliphatic rings. The second kappa shape index (κ2) is 10.2. The molecule has 7 nitrogen and oxygen atoms in total. The summed E-state index contributed by atoms with van der Waals surface area (Å²) < 4.78 is 9.49. The van der Waals surface area contributed by atoms with Gasteiger partial charge in [-0.05, 0) is 67.7 Å². The molecule has 0 spiro atoms. The molecule has 0 bridgehead atoms. The molecule has 164 valence electrons. The van der Waals surface area contributed by atoms with Crippen LogP contribution in [0.2, 0.25) is 0 Å². The van der Waals surface area contributed by atoms with Crippen LogP contribution in [-0.2, 0) is 16.0 Å². The molecule has 1 aliphatic heterocycles. The van der Waals surface area contributed by atoms with E-state index in [0.29, 0.717) is 5.56 Å². The van der Waals surface area contributed by atoms with Gasteiger partial charge in [-0.25, -0.2) is 9.59 Å². The number of hydrogen-bond donors (Lipinski definition) is 1. The molecule has 1 amide bonds. The molecule has 0 unspecified atom stereocenters. The maximum atomic E-state index is 12.8. The van der Waals surface area contributed by atoms with E-state index in [-0.39, 0.29) is 22.7 Å². The van der Waals surface area contributed by atoms with Crippen molar-refractivity contribution in [2.24, 2.45) is 5.92 Å². The Labute approximate surface area is 182 Å². The van der Waals surface area contributed by atoms with Gasteiger partial charge in [0.1, 0.15) is 0 Å². The van der Waals surface area contributed by atoms with Crippen LogP contribution in [0.5, 0.6) is 0 Å². The van der Waals surface area contributed by atoms with E-state index in [1.165, 1.54) is 45.3 Å². The lowest BCUT2D eigenvalue weighted by Gasteiger charge is -2.30. The summed E-state index contributed by atoms with van der Waals surface area (Å²) in [4.78, 5) is 39.1. The van der Waals surface area contributed by atoms with Gasteiger partial charge in [-0.3, -0.25) is 9.69 Å². The molecule has 0 aromatic heterocycles. The van der Waals surface area contributed by atoms with E-state index in [1.807, 2.05) is 12.1 Å². The summed E-state index contributed by atoms with van der Waals surface area (Å²) >= 11 is 0. The zero-order valence-corrected chi connectivity index (χ0v) is 18.1. The van der Waals surface area contributed by atoms with Gasteiger partial charge in [-0.15, -0.1) is 0 Å².